The second kappa shape index (κ2) is 8.02. The molecule has 0 fully saturated rings. The van der Waals surface area contributed by atoms with Crippen molar-refractivity contribution in [3.05, 3.63) is 0 Å². The molecule has 0 aromatic rings. The van der Waals surface area contributed by atoms with Crippen LogP contribution in [0.1, 0.15) is 0 Å². The van der Waals surface area contributed by atoms with Gasteiger partial charge in [0.2, 0.25) is 0 Å². The summed E-state index contributed by atoms with van der Waals surface area (Å²) in [7, 11) is -10.3. The van der Waals surface area contributed by atoms with Crippen LogP contribution in [0.25, 0.3) is 0 Å². The standard InChI is InChI=1S/B.Li.2H2O4S/c;;2*1-5(2,3)4/h;;2*(H2,1,2,3,4)/q+3;+1;;/p-4. The molecule has 0 heterocycles. The van der Waals surface area contributed by atoms with E-state index in [9.17, 15) is 0 Å². The first-order valence-electron chi connectivity index (χ1n) is 1.33. The van der Waals surface area contributed by atoms with Crippen molar-refractivity contribution in [3.63, 3.8) is 0 Å². The molecule has 0 aromatic heterocycles. The van der Waals surface area contributed by atoms with Crippen LogP contribution < -0.4 is 18.9 Å². The molecule has 0 aliphatic heterocycles. The van der Waals surface area contributed by atoms with Crippen molar-refractivity contribution in [2.75, 3.05) is 0 Å². The Morgan fingerprint density at radius 1 is 0.667 bits per heavy atom. The van der Waals surface area contributed by atoms with E-state index < -0.39 is 20.8 Å². The molecule has 0 saturated heterocycles. The van der Waals surface area contributed by atoms with Gasteiger partial charge in [-0.3, -0.25) is 16.8 Å². The van der Waals surface area contributed by atoms with E-state index in [0.29, 0.717) is 0 Å². The maximum Gasteiger partial charge on any atom is 3.00 e. The molecule has 8 nitrogen and oxygen atoms in total. The SMILES string of the molecule is O=S(=O)([O-])[O-].O=S(=O)([O-])[O-].[B+3].[Li+]. The normalized spacial score (nSPS) is 9.67. The van der Waals surface area contributed by atoms with E-state index in [4.69, 9.17) is 35.0 Å². The topological polar surface area (TPSA) is 161 Å². The fourth-order valence-corrected chi connectivity index (χ4v) is 0. The maximum absolute atomic E-state index is 8.52. The van der Waals surface area contributed by atoms with Gasteiger partial charge in [0.05, 0.1) is 0 Å². The molecule has 12 heteroatoms. The minimum atomic E-state index is -5.17. The monoisotopic (exact) mass is 210 g/mol. The third kappa shape index (κ3) is 5680. The van der Waals surface area contributed by atoms with Crippen LogP contribution in [-0.4, -0.2) is 43.5 Å². The number of hydrogen-bond acceptors (Lipinski definition) is 8. The van der Waals surface area contributed by atoms with Crippen LogP contribution in [-0.2, 0) is 20.8 Å². The second-order valence-electron chi connectivity index (χ2n) is 0.816. The summed E-state index contributed by atoms with van der Waals surface area (Å²) < 4.78 is 68.2. The van der Waals surface area contributed by atoms with Crippen LogP contribution in [0.15, 0.2) is 0 Å². The van der Waals surface area contributed by atoms with E-state index in [-0.39, 0.29) is 27.3 Å². The molecule has 0 amide bonds. The Morgan fingerprint density at radius 2 is 0.667 bits per heavy atom. The van der Waals surface area contributed by atoms with E-state index in [2.05, 4.69) is 0 Å². The van der Waals surface area contributed by atoms with Crippen LogP contribution in [0.5, 0.6) is 0 Å². The molecule has 0 rings (SSSR count). The molecule has 0 N–H and O–H groups in total. The van der Waals surface area contributed by atoms with Gasteiger partial charge < -0.3 is 18.2 Å². The fourth-order valence-electron chi connectivity index (χ4n) is 0. The van der Waals surface area contributed by atoms with Gasteiger partial charge in [-0.1, -0.05) is 0 Å². The van der Waals surface area contributed by atoms with Gasteiger partial charge in [-0.25, -0.2) is 0 Å². The average molecular weight is 210 g/mol. The third-order valence-corrected chi connectivity index (χ3v) is 0. The van der Waals surface area contributed by atoms with E-state index in [1.165, 1.54) is 0 Å². The summed E-state index contributed by atoms with van der Waals surface area (Å²) in [4.78, 5) is 0. The van der Waals surface area contributed by atoms with Crippen molar-refractivity contribution in [3.8, 4) is 0 Å². The minimum Gasteiger partial charge on any atom is -0.759 e. The Hall–Kier alpha value is 0.402. The van der Waals surface area contributed by atoms with Gasteiger partial charge in [-0.15, -0.1) is 0 Å². The molecule has 0 aliphatic carbocycles. The van der Waals surface area contributed by atoms with E-state index >= 15 is 0 Å². The van der Waals surface area contributed by atoms with Gasteiger partial charge in [-0.05, 0) is 0 Å². The van der Waals surface area contributed by atoms with Gasteiger partial charge in [0, 0.05) is 20.8 Å². The quantitative estimate of drug-likeness (QED) is 0.216. The van der Waals surface area contributed by atoms with Gasteiger partial charge in [0.15, 0.2) is 0 Å². The van der Waals surface area contributed by atoms with Crippen LogP contribution in [0.3, 0.4) is 0 Å². The number of hydrogen-bond donors (Lipinski definition) is 0. The average Bonchev–Trinajstić information content (AvgIpc) is 1.12. The molecular formula is BLiO8S2. The molecule has 0 unspecified atom stereocenters. The zero-order valence-electron chi connectivity index (χ0n) is 5.66. The van der Waals surface area contributed by atoms with Gasteiger partial charge in [-0.2, -0.15) is 0 Å². The molecule has 0 atom stereocenters. The largest absolute Gasteiger partial charge is 3.00 e. The van der Waals surface area contributed by atoms with Crippen molar-refractivity contribution in [2.45, 2.75) is 0 Å². The van der Waals surface area contributed by atoms with E-state index in [1.54, 1.807) is 0 Å². The molecule has 0 aromatic carbocycles. The summed E-state index contributed by atoms with van der Waals surface area (Å²) in [5.41, 5.74) is 0. The predicted octanol–water partition coefficient (Wildman–Crippen LogP) is -6.05. The summed E-state index contributed by atoms with van der Waals surface area (Å²) in [6.07, 6.45) is 0. The van der Waals surface area contributed by atoms with Gasteiger partial charge in [0.25, 0.3) is 0 Å². The molecule has 12 heavy (non-hydrogen) atoms. The Kier molecular flexibility index (Phi) is 15.3. The Bertz CT molecular complexity index is 213. The zero-order chi connectivity index (χ0) is 9.00. The third-order valence-electron chi connectivity index (χ3n) is 0. The number of rotatable bonds is 0. The van der Waals surface area contributed by atoms with Crippen molar-refractivity contribution < 1.29 is 53.9 Å². The smallest absolute Gasteiger partial charge is 0.759 e. The summed E-state index contributed by atoms with van der Waals surface area (Å²) in [6, 6.07) is 0. The van der Waals surface area contributed by atoms with Crippen LogP contribution in [0.4, 0.5) is 0 Å². The molecular weight excluding hydrogens is 210 g/mol. The van der Waals surface area contributed by atoms with Gasteiger partial charge >= 0.3 is 27.3 Å². The Labute approximate surface area is 83.3 Å². The van der Waals surface area contributed by atoms with Crippen LogP contribution in [0.2, 0.25) is 0 Å². The van der Waals surface area contributed by atoms with Crippen molar-refractivity contribution >= 4 is 29.2 Å². The predicted molar refractivity (Wildman–Crippen MR) is 26.7 cm³/mol. The molecule has 0 saturated carbocycles. The Morgan fingerprint density at radius 3 is 0.667 bits per heavy atom. The molecule has 64 valence electrons. The zero-order valence-corrected chi connectivity index (χ0v) is 7.29. The van der Waals surface area contributed by atoms with Crippen molar-refractivity contribution in [1.82, 2.24) is 0 Å². The fraction of sp³-hybridized carbons (Fsp3) is 0. The van der Waals surface area contributed by atoms with Crippen LogP contribution >= 0.6 is 0 Å². The first kappa shape index (κ1) is 22.8. The van der Waals surface area contributed by atoms with E-state index in [1.807, 2.05) is 0 Å². The maximum atomic E-state index is 8.52. The van der Waals surface area contributed by atoms with Crippen molar-refractivity contribution in [1.29, 1.82) is 0 Å². The summed E-state index contributed by atoms with van der Waals surface area (Å²) in [5.74, 6) is 0. The molecule has 0 radical (unpaired) electrons. The van der Waals surface area contributed by atoms with E-state index in [0.717, 1.165) is 0 Å². The van der Waals surface area contributed by atoms with Crippen LogP contribution in [0, 0.1) is 0 Å². The van der Waals surface area contributed by atoms with Gasteiger partial charge in [0.1, 0.15) is 0 Å². The summed E-state index contributed by atoms with van der Waals surface area (Å²) in [6.45, 7) is 0. The second-order valence-corrected chi connectivity index (χ2v) is 2.45. The summed E-state index contributed by atoms with van der Waals surface area (Å²) in [5, 5.41) is 0. The molecule has 0 spiro atoms. The first-order valence-corrected chi connectivity index (χ1v) is 4.00. The van der Waals surface area contributed by atoms with Crippen molar-refractivity contribution in [2.24, 2.45) is 0 Å². The minimum absolute atomic E-state index is 0. The summed E-state index contributed by atoms with van der Waals surface area (Å²) >= 11 is 0. The molecule has 0 bridgehead atoms. The molecule has 0 aliphatic rings. The Balaban J connectivity index is -0.0000000457. The first-order chi connectivity index (χ1) is 4.00.